The summed E-state index contributed by atoms with van der Waals surface area (Å²) in [5.41, 5.74) is 0.781. The minimum Gasteiger partial charge on any atom is -0.494 e. The molecule has 0 N–H and O–H groups in total. The van der Waals surface area contributed by atoms with E-state index in [0.29, 0.717) is 5.02 Å². The molecule has 1 aromatic heterocycles. The van der Waals surface area contributed by atoms with Crippen molar-refractivity contribution in [2.24, 2.45) is 0 Å². The molecular formula is C10H6Br2ClNO. The number of rotatable bonds is 1. The highest BCUT2D eigenvalue weighted by Gasteiger charge is 2.11. The molecule has 0 aliphatic heterocycles. The van der Waals surface area contributed by atoms with Crippen LogP contribution in [0.4, 0.5) is 0 Å². The lowest BCUT2D eigenvalue weighted by molar-refractivity contribution is 0.419. The van der Waals surface area contributed by atoms with Crippen LogP contribution in [0.1, 0.15) is 0 Å². The minimum absolute atomic E-state index is 0.580. The smallest absolute Gasteiger partial charge is 0.145 e. The standard InChI is InChI=1S/C10H6Br2ClNO/c1-15-7-3-2-5(11)8-9(12)6(13)4-14-10(7)8/h2-4H,1H3. The third-order valence-corrected chi connectivity index (χ3v) is 4.05. The Hall–Kier alpha value is -0.320. The monoisotopic (exact) mass is 349 g/mol. The maximum atomic E-state index is 5.98. The molecule has 0 saturated heterocycles. The Morgan fingerprint density at radius 1 is 1.33 bits per heavy atom. The first-order valence-corrected chi connectivity index (χ1v) is 6.07. The molecule has 78 valence electrons. The van der Waals surface area contributed by atoms with E-state index in [4.69, 9.17) is 16.3 Å². The molecule has 0 atom stereocenters. The van der Waals surface area contributed by atoms with Gasteiger partial charge in [-0.25, -0.2) is 0 Å². The third-order valence-electron chi connectivity index (χ3n) is 2.05. The predicted molar refractivity (Wildman–Crippen MR) is 68.7 cm³/mol. The van der Waals surface area contributed by atoms with Crippen LogP contribution in [0.5, 0.6) is 5.75 Å². The number of benzene rings is 1. The van der Waals surface area contributed by atoms with Crippen LogP contribution in [0.2, 0.25) is 5.02 Å². The molecule has 2 nitrogen and oxygen atoms in total. The summed E-state index contributed by atoms with van der Waals surface area (Å²) in [7, 11) is 1.62. The summed E-state index contributed by atoms with van der Waals surface area (Å²) in [5.74, 6) is 0.727. The van der Waals surface area contributed by atoms with Gasteiger partial charge in [0.05, 0.1) is 12.1 Å². The topological polar surface area (TPSA) is 22.1 Å². The molecule has 0 bridgehead atoms. The molecule has 0 radical (unpaired) electrons. The summed E-state index contributed by atoms with van der Waals surface area (Å²) < 4.78 is 6.98. The molecule has 0 amide bonds. The van der Waals surface area contributed by atoms with Gasteiger partial charge in [0.25, 0.3) is 0 Å². The number of methoxy groups -OCH3 is 1. The van der Waals surface area contributed by atoms with E-state index >= 15 is 0 Å². The average Bonchev–Trinajstić information content (AvgIpc) is 2.24. The fourth-order valence-corrected chi connectivity index (χ4v) is 2.78. The van der Waals surface area contributed by atoms with Gasteiger partial charge < -0.3 is 4.74 Å². The summed E-state index contributed by atoms with van der Waals surface area (Å²) in [6.07, 6.45) is 1.60. The van der Waals surface area contributed by atoms with Gasteiger partial charge >= 0.3 is 0 Å². The Morgan fingerprint density at radius 3 is 2.73 bits per heavy atom. The molecule has 0 aliphatic rings. The average molecular weight is 351 g/mol. The summed E-state index contributed by atoms with van der Waals surface area (Å²) in [6, 6.07) is 3.77. The number of hydrogen-bond acceptors (Lipinski definition) is 2. The zero-order valence-corrected chi connectivity index (χ0v) is 11.6. The van der Waals surface area contributed by atoms with Crippen LogP contribution in [-0.4, -0.2) is 12.1 Å². The van der Waals surface area contributed by atoms with E-state index in [0.717, 1.165) is 25.6 Å². The molecule has 0 unspecified atom stereocenters. The highest BCUT2D eigenvalue weighted by molar-refractivity contribution is 9.11. The molecule has 5 heteroatoms. The number of nitrogens with zero attached hydrogens (tertiary/aromatic N) is 1. The molecule has 0 spiro atoms. The number of ether oxygens (including phenoxy) is 1. The lowest BCUT2D eigenvalue weighted by Crippen LogP contribution is -1.89. The summed E-state index contributed by atoms with van der Waals surface area (Å²) in [5, 5.41) is 1.50. The number of fused-ring (bicyclic) bond motifs is 1. The van der Waals surface area contributed by atoms with Crippen molar-refractivity contribution in [1.82, 2.24) is 4.98 Å². The van der Waals surface area contributed by atoms with E-state index in [9.17, 15) is 0 Å². The summed E-state index contributed by atoms with van der Waals surface area (Å²) in [6.45, 7) is 0. The van der Waals surface area contributed by atoms with Crippen molar-refractivity contribution < 1.29 is 4.74 Å². The maximum Gasteiger partial charge on any atom is 0.145 e. The van der Waals surface area contributed by atoms with Crippen molar-refractivity contribution in [3.05, 3.63) is 32.3 Å². The van der Waals surface area contributed by atoms with Gasteiger partial charge in [0, 0.05) is 20.5 Å². The number of hydrogen-bond donors (Lipinski definition) is 0. The van der Waals surface area contributed by atoms with Crippen LogP contribution < -0.4 is 4.74 Å². The lowest BCUT2D eigenvalue weighted by Gasteiger charge is -2.08. The maximum absolute atomic E-state index is 5.98. The van der Waals surface area contributed by atoms with Crippen molar-refractivity contribution in [2.45, 2.75) is 0 Å². The second kappa shape index (κ2) is 4.28. The molecule has 1 aromatic carbocycles. The fourth-order valence-electron chi connectivity index (χ4n) is 1.35. The predicted octanol–water partition coefficient (Wildman–Crippen LogP) is 4.42. The number of halogens is 3. The van der Waals surface area contributed by atoms with E-state index in [1.165, 1.54) is 0 Å². The van der Waals surface area contributed by atoms with E-state index in [1.54, 1.807) is 13.3 Å². The quantitative estimate of drug-likeness (QED) is 0.759. The summed E-state index contributed by atoms with van der Waals surface area (Å²) in [4.78, 5) is 4.26. The van der Waals surface area contributed by atoms with Crippen molar-refractivity contribution in [3.8, 4) is 5.75 Å². The molecule has 15 heavy (non-hydrogen) atoms. The van der Waals surface area contributed by atoms with E-state index < -0.39 is 0 Å². The Bertz CT molecular complexity index is 530. The van der Waals surface area contributed by atoms with Gasteiger partial charge in [-0.15, -0.1) is 0 Å². The van der Waals surface area contributed by atoms with Gasteiger partial charge in [-0.2, -0.15) is 0 Å². The zero-order chi connectivity index (χ0) is 11.0. The van der Waals surface area contributed by atoms with E-state index in [2.05, 4.69) is 36.8 Å². The van der Waals surface area contributed by atoms with Gasteiger partial charge in [0.15, 0.2) is 0 Å². The van der Waals surface area contributed by atoms with Crippen molar-refractivity contribution in [1.29, 1.82) is 0 Å². The molecule has 0 fully saturated rings. The van der Waals surface area contributed by atoms with Crippen molar-refractivity contribution in [2.75, 3.05) is 7.11 Å². The number of aromatic nitrogens is 1. The van der Waals surface area contributed by atoms with Crippen LogP contribution in [-0.2, 0) is 0 Å². The van der Waals surface area contributed by atoms with Crippen molar-refractivity contribution in [3.63, 3.8) is 0 Å². The van der Waals surface area contributed by atoms with Gasteiger partial charge in [0.1, 0.15) is 11.3 Å². The first kappa shape index (κ1) is 11.2. The van der Waals surface area contributed by atoms with Crippen LogP contribution in [0.25, 0.3) is 10.9 Å². The van der Waals surface area contributed by atoms with E-state index in [1.807, 2.05) is 12.1 Å². The normalized spacial score (nSPS) is 10.7. The van der Waals surface area contributed by atoms with Crippen molar-refractivity contribution >= 4 is 54.4 Å². The van der Waals surface area contributed by atoms with Gasteiger partial charge in [-0.05, 0) is 28.1 Å². The van der Waals surface area contributed by atoms with Crippen LogP contribution >= 0.6 is 43.5 Å². The molecule has 2 aromatic rings. The van der Waals surface area contributed by atoms with Crippen LogP contribution in [0.3, 0.4) is 0 Å². The SMILES string of the molecule is COc1ccc(Br)c2c(Br)c(Cl)cnc12. The Labute approximate surface area is 109 Å². The van der Waals surface area contributed by atoms with Gasteiger partial charge in [-0.3, -0.25) is 4.98 Å². The molecule has 0 saturated carbocycles. The minimum atomic E-state index is 0.580. The Kier molecular flexibility index (Phi) is 3.19. The van der Waals surface area contributed by atoms with Crippen LogP contribution in [0, 0.1) is 0 Å². The molecular weight excluding hydrogens is 345 g/mol. The van der Waals surface area contributed by atoms with Gasteiger partial charge in [-0.1, -0.05) is 27.5 Å². The molecule has 1 heterocycles. The fraction of sp³-hybridized carbons (Fsp3) is 0.100. The van der Waals surface area contributed by atoms with Crippen LogP contribution in [0.15, 0.2) is 27.3 Å². The molecule has 0 aliphatic carbocycles. The van der Waals surface area contributed by atoms with E-state index in [-0.39, 0.29) is 0 Å². The molecule has 2 rings (SSSR count). The summed E-state index contributed by atoms with van der Waals surface area (Å²) >= 11 is 12.9. The number of pyridine rings is 1. The highest BCUT2D eigenvalue weighted by atomic mass is 79.9. The largest absolute Gasteiger partial charge is 0.494 e. The highest BCUT2D eigenvalue weighted by Crippen LogP contribution is 2.38. The lowest BCUT2D eigenvalue weighted by atomic mass is 10.2. The first-order chi connectivity index (χ1) is 7.15. The second-order valence-electron chi connectivity index (χ2n) is 2.89. The third kappa shape index (κ3) is 1.86. The van der Waals surface area contributed by atoms with Gasteiger partial charge in [0.2, 0.25) is 0 Å². The Balaban J connectivity index is 2.93. The Morgan fingerprint density at radius 2 is 2.07 bits per heavy atom. The zero-order valence-electron chi connectivity index (χ0n) is 7.72. The second-order valence-corrected chi connectivity index (χ2v) is 4.95. The first-order valence-electron chi connectivity index (χ1n) is 4.11.